The molecule has 126 valence electrons. The van der Waals surface area contributed by atoms with Crippen LogP contribution in [0.2, 0.25) is 0 Å². The van der Waals surface area contributed by atoms with Gasteiger partial charge in [0.05, 0.1) is 13.2 Å². The van der Waals surface area contributed by atoms with Gasteiger partial charge in [0.2, 0.25) is 0 Å². The van der Waals surface area contributed by atoms with E-state index in [2.05, 4.69) is 15.6 Å². The molecule has 4 N–H and O–H groups in total. The molecule has 0 fully saturated rings. The van der Waals surface area contributed by atoms with Crippen molar-refractivity contribution in [3.8, 4) is 5.75 Å². The molecule has 6 nitrogen and oxygen atoms in total. The van der Waals surface area contributed by atoms with Gasteiger partial charge in [0.25, 0.3) is 0 Å². The maximum atomic E-state index is 11.7. The number of hydrogen-bond donors (Lipinski definition) is 4. The van der Waals surface area contributed by atoms with Crippen molar-refractivity contribution in [2.75, 3.05) is 20.2 Å². The van der Waals surface area contributed by atoms with E-state index in [1.165, 1.54) is 0 Å². The number of amides is 2. The van der Waals surface area contributed by atoms with Crippen molar-refractivity contribution < 1.29 is 14.6 Å². The monoisotopic (exact) mass is 319 g/mol. The second kappa shape index (κ2) is 8.43. The normalized spacial score (nSPS) is 12.1. The molecule has 0 aliphatic rings. The van der Waals surface area contributed by atoms with Gasteiger partial charge in [-0.2, -0.15) is 0 Å². The number of H-pyrrole nitrogens is 1. The minimum atomic E-state index is -0.483. The van der Waals surface area contributed by atoms with E-state index in [0.717, 1.165) is 28.6 Å². The Morgan fingerprint density at radius 1 is 1.39 bits per heavy atom. The lowest BCUT2D eigenvalue weighted by Crippen LogP contribution is -2.40. The minimum absolute atomic E-state index is 0.257. The van der Waals surface area contributed by atoms with Gasteiger partial charge in [-0.15, -0.1) is 0 Å². The Hall–Kier alpha value is -2.21. The van der Waals surface area contributed by atoms with Crippen LogP contribution >= 0.6 is 0 Å². The summed E-state index contributed by atoms with van der Waals surface area (Å²) in [6.07, 6.45) is 3.74. The van der Waals surface area contributed by atoms with Crippen LogP contribution < -0.4 is 15.4 Å². The van der Waals surface area contributed by atoms with Crippen LogP contribution in [-0.4, -0.2) is 42.4 Å². The third kappa shape index (κ3) is 4.63. The van der Waals surface area contributed by atoms with Gasteiger partial charge in [-0.25, -0.2) is 4.79 Å². The predicted octanol–water partition coefficient (Wildman–Crippen LogP) is 2.18. The zero-order chi connectivity index (χ0) is 16.7. The quantitative estimate of drug-likeness (QED) is 0.601. The Morgan fingerprint density at radius 3 is 2.96 bits per heavy atom. The first-order valence-corrected chi connectivity index (χ1v) is 7.98. The summed E-state index contributed by atoms with van der Waals surface area (Å²) >= 11 is 0. The first kappa shape index (κ1) is 17.1. The Kier molecular flexibility index (Phi) is 6.29. The molecule has 1 unspecified atom stereocenters. The largest absolute Gasteiger partial charge is 0.496 e. The molecule has 0 radical (unpaired) electrons. The zero-order valence-corrected chi connectivity index (χ0v) is 13.7. The third-order valence-electron chi connectivity index (χ3n) is 3.77. The summed E-state index contributed by atoms with van der Waals surface area (Å²) in [7, 11) is 1.65. The molecular weight excluding hydrogens is 294 g/mol. The van der Waals surface area contributed by atoms with Crippen molar-refractivity contribution in [2.24, 2.45) is 0 Å². The second-order valence-corrected chi connectivity index (χ2v) is 5.53. The molecule has 0 spiro atoms. The van der Waals surface area contributed by atoms with E-state index in [0.29, 0.717) is 19.4 Å². The van der Waals surface area contributed by atoms with Crippen LogP contribution in [0.4, 0.5) is 4.79 Å². The van der Waals surface area contributed by atoms with E-state index < -0.39 is 6.10 Å². The van der Waals surface area contributed by atoms with Crippen molar-refractivity contribution in [1.82, 2.24) is 15.6 Å². The highest BCUT2D eigenvalue weighted by Crippen LogP contribution is 2.28. The average Bonchev–Trinajstić information content (AvgIpc) is 2.96. The number of ether oxygens (including phenoxy) is 1. The van der Waals surface area contributed by atoms with Crippen LogP contribution in [0.15, 0.2) is 24.4 Å². The molecule has 2 amide bonds. The summed E-state index contributed by atoms with van der Waals surface area (Å²) < 4.78 is 5.39. The van der Waals surface area contributed by atoms with Crippen molar-refractivity contribution in [3.05, 3.63) is 30.0 Å². The fraction of sp³-hybridized carbons (Fsp3) is 0.471. The summed E-state index contributed by atoms with van der Waals surface area (Å²) in [5.74, 6) is 0.825. The van der Waals surface area contributed by atoms with Crippen molar-refractivity contribution >= 4 is 16.9 Å². The lowest BCUT2D eigenvalue weighted by Gasteiger charge is -2.11. The smallest absolute Gasteiger partial charge is 0.314 e. The van der Waals surface area contributed by atoms with Gasteiger partial charge in [0.15, 0.2) is 0 Å². The Bertz CT molecular complexity index is 639. The number of aromatic amines is 1. The number of fused-ring (bicyclic) bond motifs is 1. The van der Waals surface area contributed by atoms with E-state index in [-0.39, 0.29) is 12.6 Å². The fourth-order valence-corrected chi connectivity index (χ4v) is 2.61. The topological polar surface area (TPSA) is 86.4 Å². The number of aromatic nitrogens is 1. The van der Waals surface area contributed by atoms with Gasteiger partial charge in [-0.1, -0.05) is 19.4 Å². The summed E-state index contributed by atoms with van der Waals surface area (Å²) in [6.45, 7) is 2.79. The molecule has 1 aromatic heterocycles. The van der Waals surface area contributed by atoms with E-state index in [1.807, 2.05) is 31.3 Å². The average molecular weight is 319 g/mol. The molecular formula is C17H25N3O3. The van der Waals surface area contributed by atoms with Crippen LogP contribution in [0, 0.1) is 0 Å². The van der Waals surface area contributed by atoms with E-state index >= 15 is 0 Å². The van der Waals surface area contributed by atoms with Crippen LogP contribution in [0.5, 0.6) is 5.75 Å². The fourth-order valence-electron chi connectivity index (χ4n) is 2.61. The number of nitrogens with one attached hydrogen (secondary N) is 3. The number of benzene rings is 1. The molecule has 23 heavy (non-hydrogen) atoms. The molecule has 6 heteroatoms. The van der Waals surface area contributed by atoms with Gasteiger partial charge in [0, 0.05) is 30.2 Å². The van der Waals surface area contributed by atoms with Crippen LogP contribution in [0.25, 0.3) is 10.9 Å². The predicted molar refractivity (Wildman–Crippen MR) is 90.9 cm³/mol. The number of carbonyl (C=O) groups is 1. The Labute approximate surface area is 136 Å². The molecule has 1 heterocycles. The molecule has 0 aliphatic heterocycles. The SMILES string of the molecule is CCCC(O)CNC(=O)NCCc1c[nH]c2cccc(OC)c12. The number of aliphatic hydroxyl groups is 1. The van der Waals surface area contributed by atoms with Crippen LogP contribution in [0.1, 0.15) is 25.3 Å². The third-order valence-corrected chi connectivity index (χ3v) is 3.77. The first-order valence-electron chi connectivity index (χ1n) is 7.98. The van der Waals surface area contributed by atoms with E-state index in [4.69, 9.17) is 4.74 Å². The maximum absolute atomic E-state index is 11.7. The Morgan fingerprint density at radius 2 is 2.22 bits per heavy atom. The minimum Gasteiger partial charge on any atom is -0.496 e. The molecule has 1 aromatic carbocycles. The van der Waals surface area contributed by atoms with Crippen molar-refractivity contribution in [2.45, 2.75) is 32.3 Å². The van der Waals surface area contributed by atoms with Gasteiger partial charge in [-0.3, -0.25) is 0 Å². The molecule has 0 aliphatic carbocycles. The summed E-state index contributed by atoms with van der Waals surface area (Å²) in [4.78, 5) is 14.9. The second-order valence-electron chi connectivity index (χ2n) is 5.53. The van der Waals surface area contributed by atoms with Gasteiger partial charge < -0.3 is 25.5 Å². The number of carbonyl (C=O) groups excluding carboxylic acids is 1. The standard InChI is InChI=1S/C17H25N3O3/c1-3-5-13(21)11-20-17(22)18-9-8-12-10-19-14-6-4-7-15(23-2)16(12)14/h4,6-7,10,13,19,21H,3,5,8-9,11H2,1-2H3,(H2,18,20,22). The summed E-state index contributed by atoms with van der Waals surface area (Å²) in [5, 5.41) is 16.1. The van der Waals surface area contributed by atoms with Crippen molar-refractivity contribution in [3.63, 3.8) is 0 Å². The summed E-state index contributed by atoms with van der Waals surface area (Å²) in [6, 6.07) is 5.60. The van der Waals surface area contributed by atoms with Crippen LogP contribution in [-0.2, 0) is 6.42 Å². The number of hydrogen-bond acceptors (Lipinski definition) is 3. The number of rotatable bonds is 8. The number of aliphatic hydroxyl groups excluding tert-OH is 1. The summed E-state index contributed by atoms with van der Waals surface area (Å²) in [5.41, 5.74) is 2.12. The molecule has 0 bridgehead atoms. The van der Waals surface area contributed by atoms with Crippen LogP contribution in [0.3, 0.4) is 0 Å². The van der Waals surface area contributed by atoms with Gasteiger partial charge in [-0.05, 0) is 30.5 Å². The number of methoxy groups -OCH3 is 1. The van der Waals surface area contributed by atoms with E-state index in [1.54, 1.807) is 7.11 Å². The zero-order valence-electron chi connectivity index (χ0n) is 13.7. The highest BCUT2D eigenvalue weighted by molar-refractivity contribution is 5.89. The first-order chi connectivity index (χ1) is 11.2. The lowest BCUT2D eigenvalue weighted by atomic mass is 10.1. The molecule has 2 rings (SSSR count). The van der Waals surface area contributed by atoms with E-state index in [9.17, 15) is 9.90 Å². The highest BCUT2D eigenvalue weighted by Gasteiger charge is 2.10. The number of urea groups is 1. The van der Waals surface area contributed by atoms with Gasteiger partial charge in [0.1, 0.15) is 5.75 Å². The molecule has 2 aromatic rings. The molecule has 0 saturated carbocycles. The van der Waals surface area contributed by atoms with Gasteiger partial charge >= 0.3 is 6.03 Å². The molecule has 1 atom stereocenters. The lowest BCUT2D eigenvalue weighted by molar-refractivity contribution is 0.160. The molecule has 0 saturated heterocycles. The Balaban J connectivity index is 1.84. The maximum Gasteiger partial charge on any atom is 0.314 e. The van der Waals surface area contributed by atoms with Crippen molar-refractivity contribution in [1.29, 1.82) is 0 Å². The highest BCUT2D eigenvalue weighted by atomic mass is 16.5.